The average molecular weight is 388 g/mol. The van der Waals surface area contributed by atoms with Gasteiger partial charge in [0.15, 0.2) is 0 Å². The van der Waals surface area contributed by atoms with Crippen molar-refractivity contribution in [1.29, 1.82) is 0 Å². The number of carbonyl (C=O) groups is 1. The Balaban J connectivity index is 2.08. The van der Waals surface area contributed by atoms with Gasteiger partial charge in [-0.3, -0.25) is 0 Å². The lowest BCUT2D eigenvalue weighted by atomic mass is 10.0. The normalized spacial score (nSPS) is 11.0. The van der Waals surface area contributed by atoms with E-state index in [1.165, 1.54) is 0 Å². The zero-order valence-electron chi connectivity index (χ0n) is 15.7. The second-order valence-corrected chi connectivity index (χ2v) is 6.98. The zero-order valence-corrected chi connectivity index (χ0v) is 16.5. The summed E-state index contributed by atoms with van der Waals surface area (Å²) < 4.78 is 10.8. The molecule has 0 aliphatic carbocycles. The first-order valence-corrected chi connectivity index (χ1v) is 9.03. The Morgan fingerprint density at radius 2 is 2.07 bits per heavy atom. The van der Waals surface area contributed by atoms with Crippen molar-refractivity contribution in [1.82, 2.24) is 9.97 Å². The van der Waals surface area contributed by atoms with Crippen LogP contribution in [0.25, 0.3) is 22.0 Å². The maximum Gasteiger partial charge on any atom is 0.340 e. The lowest BCUT2D eigenvalue weighted by Gasteiger charge is -2.12. The van der Waals surface area contributed by atoms with Crippen molar-refractivity contribution >= 4 is 34.3 Å². The molecule has 0 saturated carbocycles. The van der Waals surface area contributed by atoms with E-state index in [0.29, 0.717) is 28.9 Å². The highest BCUT2D eigenvalue weighted by Gasteiger charge is 2.18. The first kappa shape index (κ1) is 19.0. The molecule has 0 spiro atoms. The lowest BCUT2D eigenvalue weighted by Crippen LogP contribution is -2.09. The second-order valence-electron chi connectivity index (χ2n) is 6.58. The minimum Gasteiger partial charge on any atom is -0.480 e. The number of aromatic amines is 1. The number of pyridine rings is 1. The van der Waals surface area contributed by atoms with Gasteiger partial charge in [0.1, 0.15) is 5.82 Å². The van der Waals surface area contributed by atoms with Gasteiger partial charge in [0.2, 0.25) is 5.88 Å². The third kappa shape index (κ3) is 3.85. The van der Waals surface area contributed by atoms with Gasteiger partial charge in [-0.1, -0.05) is 25.4 Å². The van der Waals surface area contributed by atoms with Gasteiger partial charge in [-0.2, -0.15) is 4.98 Å². The average Bonchev–Trinajstić information content (AvgIpc) is 3.07. The van der Waals surface area contributed by atoms with Gasteiger partial charge in [-0.05, 0) is 30.2 Å². The Labute approximate surface area is 162 Å². The number of halogens is 1. The molecule has 142 valence electrons. The number of hydrogen-bond acceptors (Lipinski definition) is 5. The predicted molar refractivity (Wildman–Crippen MR) is 108 cm³/mol. The molecule has 3 aromatic rings. The van der Waals surface area contributed by atoms with Crippen LogP contribution in [0.15, 0.2) is 30.5 Å². The Kier molecular flexibility index (Phi) is 5.56. The van der Waals surface area contributed by atoms with Crippen molar-refractivity contribution in [2.75, 3.05) is 26.1 Å². The number of rotatable bonds is 6. The van der Waals surface area contributed by atoms with Crippen LogP contribution >= 0.6 is 11.6 Å². The van der Waals surface area contributed by atoms with Gasteiger partial charge >= 0.3 is 5.97 Å². The molecule has 0 radical (unpaired) electrons. The number of benzene rings is 1. The molecule has 1 aromatic carbocycles. The quantitative estimate of drug-likeness (QED) is 0.597. The molecule has 7 heteroatoms. The topological polar surface area (TPSA) is 76.2 Å². The summed E-state index contributed by atoms with van der Waals surface area (Å²) in [4.78, 5) is 19.9. The van der Waals surface area contributed by atoms with Crippen LogP contribution in [0.5, 0.6) is 5.88 Å². The van der Waals surface area contributed by atoms with E-state index in [0.717, 1.165) is 22.0 Å². The third-order valence-electron chi connectivity index (χ3n) is 4.14. The van der Waals surface area contributed by atoms with E-state index < -0.39 is 0 Å². The molecule has 2 heterocycles. The SMILES string of the molecule is CNc1ccc(-c2cc3c(C(=O)OCC(C)C)c[nH]c3cc2Cl)c(OC)n1. The van der Waals surface area contributed by atoms with E-state index in [9.17, 15) is 4.79 Å². The smallest absolute Gasteiger partial charge is 0.340 e. The monoisotopic (exact) mass is 387 g/mol. The van der Waals surface area contributed by atoms with Crippen molar-refractivity contribution in [3.05, 3.63) is 41.0 Å². The van der Waals surface area contributed by atoms with Crippen molar-refractivity contribution in [2.45, 2.75) is 13.8 Å². The fourth-order valence-electron chi connectivity index (χ4n) is 2.78. The van der Waals surface area contributed by atoms with E-state index in [1.54, 1.807) is 26.4 Å². The number of nitrogens with one attached hydrogen (secondary N) is 2. The summed E-state index contributed by atoms with van der Waals surface area (Å²) in [6, 6.07) is 7.37. The van der Waals surface area contributed by atoms with Crippen molar-refractivity contribution < 1.29 is 14.3 Å². The highest BCUT2D eigenvalue weighted by atomic mass is 35.5. The molecule has 0 fully saturated rings. The zero-order chi connectivity index (χ0) is 19.6. The number of aromatic nitrogens is 2. The van der Waals surface area contributed by atoms with E-state index in [-0.39, 0.29) is 11.9 Å². The molecule has 2 aromatic heterocycles. The molecule has 2 N–H and O–H groups in total. The second kappa shape index (κ2) is 7.88. The Hall–Kier alpha value is -2.73. The van der Waals surface area contributed by atoms with Crippen LogP contribution in [-0.2, 0) is 4.74 Å². The van der Waals surface area contributed by atoms with Crippen LogP contribution < -0.4 is 10.1 Å². The van der Waals surface area contributed by atoms with Gasteiger partial charge in [0, 0.05) is 35.3 Å². The molecule has 0 atom stereocenters. The Morgan fingerprint density at radius 1 is 1.30 bits per heavy atom. The lowest BCUT2D eigenvalue weighted by molar-refractivity contribution is 0.0461. The summed E-state index contributed by atoms with van der Waals surface area (Å²) in [5.74, 6) is 1.04. The largest absolute Gasteiger partial charge is 0.480 e. The first-order chi connectivity index (χ1) is 12.9. The van der Waals surface area contributed by atoms with Crippen LogP contribution in [0.3, 0.4) is 0 Å². The highest BCUT2D eigenvalue weighted by Crippen LogP contribution is 2.38. The molecule has 6 nitrogen and oxygen atoms in total. The molecule has 0 amide bonds. The number of hydrogen-bond donors (Lipinski definition) is 2. The van der Waals surface area contributed by atoms with Crippen molar-refractivity contribution in [3.8, 4) is 17.0 Å². The molecule has 0 aliphatic rings. The molecule has 0 bridgehead atoms. The van der Waals surface area contributed by atoms with Crippen LogP contribution in [0.2, 0.25) is 5.02 Å². The van der Waals surface area contributed by atoms with Crippen molar-refractivity contribution in [3.63, 3.8) is 0 Å². The third-order valence-corrected chi connectivity index (χ3v) is 4.45. The van der Waals surface area contributed by atoms with Gasteiger partial charge in [0.25, 0.3) is 0 Å². The maximum absolute atomic E-state index is 12.4. The van der Waals surface area contributed by atoms with Crippen molar-refractivity contribution in [2.24, 2.45) is 5.92 Å². The van der Waals surface area contributed by atoms with Gasteiger partial charge in [-0.15, -0.1) is 0 Å². The number of fused-ring (bicyclic) bond motifs is 1. The number of nitrogens with zero attached hydrogens (tertiary/aromatic N) is 1. The molecule has 0 aliphatic heterocycles. The fourth-order valence-corrected chi connectivity index (χ4v) is 3.04. The van der Waals surface area contributed by atoms with Gasteiger partial charge in [0.05, 0.1) is 24.3 Å². The molecule has 0 saturated heterocycles. The maximum atomic E-state index is 12.4. The molecular weight excluding hydrogens is 366 g/mol. The number of esters is 1. The van der Waals surface area contributed by atoms with E-state index in [4.69, 9.17) is 21.1 Å². The van der Waals surface area contributed by atoms with E-state index >= 15 is 0 Å². The van der Waals surface area contributed by atoms with Crippen LogP contribution in [0, 0.1) is 5.92 Å². The minimum absolute atomic E-state index is 0.269. The van der Waals surface area contributed by atoms with E-state index in [1.807, 2.05) is 32.0 Å². The molecule has 3 rings (SSSR count). The summed E-state index contributed by atoms with van der Waals surface area (Å²) in [7, 11) is 3.35. The number of ether oxygens (including phenoxy) is 2. The molecule has 0 unspecified atom stereocenters. The Bertz CT molecular complexity index is 982. The number of anilines is 1. The van der Waals surface area contributed by atoms with Crippen LogP contribution in [0.4, 0.5) is 5.82 Å². The first-order valence-electron chi connectivity index (χ1n) is 8.65. The van der Waals surface area contributed by atoms with Gasteiger partial charge < -0.3 is 19.8 Å². The molecule has 27 heavy (non-hydrogen) atoms. The predicted octanol–water partition coefficient (Wildman–Crippen LogP) is 4.75. The number of carbonyl (C=O) groups excluding carboxylic acids is 1. The summed E-state index contributed by atoms with van der Waals surface area (Å²) in [6.45, 7) is 4.36. The van der Waals surface area contributed by atoms with E-state index in [2.05, 4.69) is 15.3 Å². The van der Waals surface area contributed by atoms with Gasteiger partial charge in [-0.25, -0.2) is 4.79 Å². The number of H-pyrrole nitrogens is 1. The molecular formula is C20H22ClN3O3. The fraction of sp³-hybridized carbons (Fsp3) is 0.300. The van der Waals surface area contributed by atoms with Crippen LogP contribution in [0.1, 0.15) is 24.2 Å². The van der Waals surface area contributed by atoms with Crippen LogP contribution in [-0.4, -0.2) is 36.7 Å². The highest BCUT2D eigenvalue weighted by molar-refractivity contribution is 6.34. The minimum atomic E-state index is -0.362. The number of methoxy groups -OCH3 is 1. The summed E-state index contributed by atoms with van der Waals surface area (Å²) in [5.41, 5.74) is 2.71. The summed E-state index contributed by atoms with van der Waals surface area (Å²) in [5, 5.41) is 4.25. The summed E-state index contributed by atoms with van der Waals surface area (Å²) >= 11 is 6.50. The Morgan fingerprint density at radius 3 is 2.74 bits per heavy atom. The standard InChI is InChI=1S/C20H22ClN3O3/c1-11(2)10-27-20(25)15-9-23-17-8-16(21)13(7-14(15)17)12-5-6-18(22-3)24-19(12)26-4/h5-9,11,23H,10H2,1-4H3,(H,22,24). The summed E-state index contributed by atoms with van der Waals surface area (Å²) in [6.07, 6.45) is 1.65.